The predicted octanol–water partition coefficient (Wildman–Crippen LogP) is 4.69. The standard InChI is InChI=1S/C21H21Cl2N3O3/c1-3-7-19(20-17(22)10-6-11-18(20)23)26-29-13-14-8-4-5-9-15(14)16(21(24)27)12-25-28-2/h3-12,16H,13H2,1-2H3,(H2,24,27)/b7-3+,25-12+,26-19+. The normalized spacial score (nSPS) is 13.0. The molecule has 0 bridgehead atoms. The summed E-state index contributed by atoms with van der Waals surface area (Å²) < 4.78 is 0. The van der Waals surface area contributed by atoms with E-state index >= 15 is 0 Å². The first-order valence-electron chi connectivity index (χ1n) is 8.70. The van der Waals surface area contributed by atoms with Crippen molar-refractivity contribution in [2.75, 3.05) is 7.11 Å². The number of nitrogens with zero attached hydrogens (tertiary/aromatic N) is 2. The van der Waals surface area contributed by atoms with Crippen LogP contribution >= 0.6 is 23.2 Å². The molecule has 29 heavy (non-hydrogen) atoms. The molecule has 0 aliphatic rings. The molecule has 0 aromatic heterocycles. The lowest BCUT2D eigenvalue weighted by Crippen LogP contribution is -2.23. The van der Waals surface area contributed by atoms with E-state index in [-0.39, 0.29) is 6.61 Å². The molecule has 1 amide bonds. The van der Waals surface area contributed by atoms with Gasteiger partial charge in [-0.15, -0.1) is 0 Å². The van der Waals surface area contributed by atoms with E-state index in [1.54, 1.807) is 42.5 Å². The molecule has 0 aliphatic carbocycles. The number of halogens is 2. The minimum Gasteiger partial charge on any atom is -0.399 e. The fourth-order valence-electron chi connectivity index (χ4n) is 2.63. The van der Waals surface area contributed by atoms with Crippen molar-refractivity contribution in [2.45, 2.75) is 19.4 Å². The second kappa shape index (κ2) is 11.2. The summed E-state index contributed by atoms with van der Waals surface area (Å²) in [5.41, 5.74) is 7.95. The molecule has 152 valence electrons. The van der Waals surface area contributed by atoms with Gasteiger partial charge in [-0.25, -0.2) is 0 Å². The number of amides is 1. The molecular formula is C21H21Cl2N3O3. The van der Waals surface area contributed by atoms with Gasteiger partial charge in [0.15, 0.2) is 0 Å². The van der Waals surface area contributed by atoms with Crippen molar-refractivity contribution in [3.8, 4) is 0 Å². The molecule has 0 aliphatic heterocycles. The Labute approximate surface area is 179 Å². The minimum atomic E-state index is -0.758. The van der Waals surface area contributed by atoms with Gasteiger partial charge >= 0.3 is 0 Å². The Morgan fingerprint density at radius 2 is 1.86 bits per heavy atom. The number of hydrogen-bond acceptors (Lipinski definition) is 5. The fourth-order valence-corrected chi connectivity index (χ4v) is 3.22. The van der Waals surface area contributed by atoms with Crippen molar-refractivity contribution in [1.29, 1.82) is 0 Å². The number of rotatable bonds is 9. The average molecular weight is 434 g/mol. The van der Waals surface area contributed by atoms with Crippen molar-refractivity contribution in [3.05, 3.63) is 81.4 Å². The summed E-state index contributed by atoms with van der Waals surface area (Å²) >= 11 is 12.5. The molecule has 2 rings (SSSR count). The quantitative estimate of drug-likeness (QED) is 0.459. The lowest BCUT2D eigenvalue weighted by molar-refractivity contribution is -0.118. The molecule has 0 spiro atoms. The van der Waals surface area contributed by atoms with Crippen LogP contribution in [0, 0.1) is 0 Å². The fraction of sp³-hybridized carbons (Fsp3) is 0.190. The number of oxime groups is 2. The van der Waals surface area contributed by atoms with Crippen molar-refractivity contribution in [2.24, 2.45) is 16.0 Å². The van der Waals surface area contributed by atoms with Crippen LogP contribution in [0.1, 0.15) is 29.5 Å². The number of benzene rings is 2. The summed E-state index contributed by atoms with van der Waals surface area (Å²) in [6.07, 6.45) is 4.90. The third-order valence-corrected chi connectivity index (χ3v) is 4.57. The van der Waals surface area contributed by atoms with Crippen LogP contribution in [0.4, 0.5) is 0 Å². The molecular weight excluding hydrogens is 413 g/mol. The highest BCUT2D eigenvalue weighted by Gasteiger charge is 2.19. The molecule has 6 nitrogen and oxygen atoms in total. The lowest BCUT2D eigenvalue weighted by atomic mass is 9.95. The number of carbonyl (C=O) groups excluding carboxylic acids is 1. The van der Waals surface area contributed by atoms with Gasteiger partial charge in [0.25, 0.3) is 0 Å². The van der Waals surface area contributed by atoms with E-state index in [1.165, 1.54) is 13.3 Å². The van der Waals surface area contributed by atoms with Crippen LogP contribution in [0.5, 0.6) is 0 Å². The number of primary amides is 1. The Bertz CT molecular complexity index is 922. The smallest absolute Gasteiger partial charge is 0.230 e. The third-order valence-electron chi connectivity index (χ3n) is 3.94. The molecule has 1 atom stereocenters. The third kappa shape index (κ3) is 6.07. The van der Waals surface area contributed by atoms with Crippen molar-refractivity contribution in [1.82, 2.24) is 0 Å². The zero-order valence-corrected chi connectivity index (χ0v) is 17.5. The zero-order valence-electron chi connectivity index (χ0n) is 16.0. The topological polar surface area (TPSA) is 86.3 Å². The summed E-state index contributed by atoms with van der Waals surface area (Å²) in [6.45, 7) is 1.95. The van der Waals surface area contributed by atoms with Gasteiger partial charge in [0.05, 0.1) is 16.3 Å². The van der Waals surface area contributed by atoms with Gasteiger partial charge in [0.1, 0.15) is 25.3 Å². The first-order chi connectivity index (χ1) is 14.0. The molecule has 1 unspecified atom stereocenters. The van der Waals surface area contributed by atoms with Crippen molar-refractivity contribution < 1.29 is 14.5 Å². The molecule has 0 radical (unpaired) electrons. The van der Waals surface area contributed by atoms with Gasteiger partial charge in [-0.2, -0.15) is 0 Å². The van der Waals surface area contributed by atoms with E-state index in [0.29, 0.717) is 26.9 Å². The van der Waals surface area contributed by atoms with E-state index in [1.807, 2.05) is 19.1 Å². The summed E-state index contributed by atoms with van der Waals surface area (Å²) in [7, 11) is 1.39. The SMILES string of the molecule is C/C=C/C(=N\OCc1ccccc1C(/C=N/OC)C(N)=O)c1c(Cl)cccc1Cl. The summed E-state index contributed by atoms with van der Waals surface area (Å²) in [4.78, 5) is 22.1. The molecule has 0 fully saturated rings. The zero-order chi connectivity index (χ0) is 21.2. The number of carbonyl (C=O) groups is 1. The second-order valence-electron chi connectivity index (χ2n) is 5.86. The monoisotopic (exact) mass is 433 g/mol. The number of nitrogens with two attached hydrogens (primary N) is 1. The molecule has 2 N–H and O–H groups in total. The Kier molecular flexibility index (Phi) is 8.70. The van der Waals surface area contributed by atoms with Crippen LogP contribution in [0.2, 0.25) is 10.0 Å². The first kappa shape index (κ1) is 22.5. The maximum absolute atomic E-state index is 11.9. The molecule has 2 aromatic rings. The van der Waals surface area contributed by atoms with Crippen LogP contribution in [-0.2, 0) is 21.1 Å². The predicted molar refractivity (Wildman–Crippen MR) is 116 cm³/mol. The van der Waals surface area contributed by atoms with Gasteiger partial charge in [-0.3, -0.25) is 4.79 Å². The minimum absolute atomic E-state index is 0.101. The van der Waals surface area contributed by atoms with Crippen LogP contribution < -0.4 is 5.73 Å². The Hall–Kier alpha value is -2.83. The van der Waals surface area contributed by atoms with Gasteiger partial charge in [-0.1, -0.05) is 69.9 Å². The van der Waals surface area contributed by atoms with Gasteiger partial charge < -0.3 is 15.4 Å². The van der Waals surface area contributed by atoms with E-state index in [0.717, 1.165) is 5.56 Å². The second-order valence-corrected chi connectivity index (χ2v) is 6.68. The number of hydrogen-bond donors (Lipinski definition) is 1. The van der Waals surface area contributed by atoms with Crippen LogP contribution in [0.3, 0.4) is 0 Å². The highest BCUT2D eigenvalue weighted by Crippen LogP contribution is 2.26. The summed E-state index contributed by atoms with van der Waals surface area (Å²) in [6, 6.07) is 12.4. The van der Waals surface area contributed by atoms with Crippen molar-refractivity contribution in [3.63, 3.8) is 0 Å². The Balaban J connectivity index is 2.31. The molecule has 0 heterocycles. The lowest BCUT2D eigenvalue weighted by Gasteiger charge is -2.13. The van der Waals surface area contributed by atoms with E-state index in [4.69, 9.17) is 33.8 Å². The van der Waals surface area contributed by atoms with E-state index in [2.05, 4.69) is 15.1 Å². The van der Waals surface area contributed by atoms with Crippen LogP contribution in [0.25, 0.3) is 0 Å². The van der Waals surface area contributed by atoms with E-state index < -0.39 is 11.8 Å². The maximum Gasteiger partial charge on any atom is 0.230 e. The molecule has 0 saturated heterocycles. The average Bonchev–Trinajstić information content (AvgIpc) is 2.69. The van der Waals surface area contributed by atoms with Gasteiger partial charge in [0.2, 0.25) is 5.91 Å². The van der Waals surface area contributed by atoms with Crippen LogP contribution in [0.15, 0.2) is 64.9 Å². The first-order valence-corrected chi connectivity index (χ1v) is 9.46. The summed E-state index contributed by atoms with van der Waals surface area (Å²) in [5.74, 6) is -1.31. The highest BCUT2D eigenvalue weighted by molar-refractivity contribution is 6.41. The summed E-state index contributed by atoms with van der Waals surface area (Å²) in [5, 5.41) is 8.79. The number of allylic oxidation sites excluding steroid dienone is 2. The molecule has 0 saturated carbocycles. The van der Waals surface area contributed by atoms with E-state index in [9.17, 15) is 4.79 Å². The van der Waals surface area contributed by atoms with Gasteiger partial charge in [-0.05, 0) is 36.3 Å². The molecule has 8 heteroatoms. The molecule has 2 aromatic carbocycles. The largest absolute Gasteiger partial charge is 0.399 e. The van der Waals surface area contributed by atoms with Crippen molar-refractivity contribution >= 4 is 41.0 Å². The maximum atomic E-state index is 11.9. The Morgan fingerprint density at radius 3 is 2.48 bits per heavy atom. The van der Waals surface area contributed by atoms with Gasteiger partial charge in [0, 0.05) is 5.56 Å². The van der Waals surface area contributed by atoms with Crippen LogP contribution in [-0.4, -0.2) is 24.9 Å². The Morgan fingerprint density at radius 1 is 1.17 bits per heavy atom. The highest BCUT2D eigenvalue weighted by atomic mass is 35.5.